The molecule has 0 radical (unpaired) electrons. The minimum Gasteiger partial charge on any atom is -0.491 e. The molecule has 2 atom stereocenters. The van der Waals surface area contributed by atoms with E-state index in [1.54, 1.807) is 7.05 Å². The highest BCUT2D eigenvalue weighted by Gasteiger charge is 2.24. The number of nitrogens with one attached hydrogen (secondary N) is 1. The van der Waals surface area contributed by atoms with E-state index in [1.165, 1.54) is 0 Å². The van der Waals surface area contributed by atoms with E-state index in [4.69, 9.17) is 19.4 Å². The molecule has 2 N–H and O–H groups in total. The van der Waals surface area contributed by atoms with Gasteiger partial charge in [-0.1, -0.05) is 12.1 Å². The molecule has 35 heavy (non-hydrogen) atoms. The van der Waals surface area contributed by atoms with Gasteiger partial charge < -0.3 is 24.8 Å². The minimum absolute atomic E-state index is 0.209. The van der Waals surface area contributed by atoms with E-state index in [0.29, 0.717) is 30.6 Å². The van der Waals surface area contributed by atoms with Gasteiger partial charge in [0.1, 0.15) is 31.0 Å². The van der Waals surface area contributed by atoms with Gasteiger partial charge in [0, 0.05) is 69.3 Å². The molecule has 2 fully saturated rings. The van der Waals surface area contributed by atoms with Crippen LogP contribution in [0.1, 0.15) is 17.7 Å². The van der Waals surface area contributed by atoms with E-state index < -0.39 is 6.10 Å². The second-order valence-electron chi connectivity index (χ2n) is 9.44. The van der Waals surface area contributed by atoms with Crippen LogP contribution in [-0.2, 0) is 11.2 Å². The Morgan fingerprint density at radius 2 is 2.09 bits per heavy atom. The van der Waals surface area contributed by atoms with E-state index in [9.17, 15) is 9.50 Å². The number of rotatable bonds is 11. The molecule has 0 saturated carbocycles. The van der Waals surface area contributed by atoms with Gasteiger partial charge in [-0.05, 0) is 44.9 Å². The van der Waals surface area contributed by atoms with Crippen molar-refractivity contribution in [3.8, 4) is 17.1 Å². The van der Waals surface area contributed by atoms with Crippen LogP contribution >= 0.6 is 0 Å². The molecule has 1 aromatic heterocycles. The third kappa shape index (κ3) is 6.88. The highest BCUT2D eigenvalue weighted by atomic mass is 19.1. The molecule has 0 amide bonds. The normalized spacial score (nSPS) is 19.8. The molecule has 0 bridgehead atoms. The highest BCUT2D eigenvalue weighted by molar-refractivity contribution is 5.62. The van der Waals surface area contributed by atoms with Crippen LogP contribution in [0.2, 0.25) is 0 Å². The number of alkyl halides is 1. The molecule has 2 saturated heterocycles. The number of hydrogen-bond donors (Lipinski definition) is 2. The van der Waals surface area contributed by atoms with Crippen molar-refractivity contribution in [3.63, 3.8) is 0 Å². The lowest BCUT2D eigenvalue weighted by atomic mass is 9.99. The first-order chi connectivity index (χ1) is 17.1. The number of aliphatic hydroxyl groups is 1. The fourth-order valence-electron chi connectivity index (χ4n) is 4.72. The van der Waals surface area contributed by atoms with Gasteiger partial charge >= 0.3 is 0 Å². The number of anilines is 1. The maximum absolute atomic E-state index is 12.8. The fraction of sp³-hybridized carbons (Fsp3) is 0.615. The Kier molecular flexibility index (Phi) is 9.25. The summed E-state index contributed by atoms with van der Waals surface area (Å²) in [4.78, 5) is 14.5. The van der Waals surface area contributed by atoms with Gasteiger partial charge in [-0.15, -0.1) is 0 Å². The van der Waals surface area contributed by atoms with E-state index in [2.05, 4.69) is 22.0 Å². The molecule has 3 heterocycles. The third-order valence-corrected chi connectivity index (χ3v) is 6.77. The fourth-order valence-corrected chi connectivity index (χ4v) is 4.72. The number of benzene rings is 1. The molecule has 2 unspecified atom stereocenters. The maximum atomic E-state index is 12.8. The Morgan fingerprint density at radius 3 is 2.80 bits per heavy atom. The first kappa shape index (κ1) is 25.8. The second kappa shape index (κ2) is 12.6. The molecule has 8 nitrogen and oxygen atoms in total. The van der Waals surface area contributed by atoms with Gasteiger partial charge in [0.05, 0.1) is 0 Å². The average molecular weight is 488 g/mol. The van der Waals surface area contributed by atoms with Crippen molar-refractivity contribution in [1.29, 1.82) is 0 Å². The van der Waals surface area contributed by atoms with Crippen LogP contribution in [0.4, 0.5) is 10.2 Å². The zero-order valence-corrected chi connectivity index (χ0v) is 20.9. The van der Waals surface area contributed by atoms with Gasteiger partial charge in [0.15, 0.2) is 5.82 Å². The second-order valence-corrected chi connectivity index (χ2v) is 9.44. The molecular weight excluding hydrogens is 449 g/mol. The number of ether oxygens (including phenoxy) is 2. The number of aromatic nitrogens is 2. The summed E-state index contributed by atoms with van der Waals surface area (Å²) in [5, 5.41) is 12.9. The molecule has 2 aliphatic rings. The summed E-state index contributed by atoms with van der Waals surface area (Å²) in [6.45, 7) is 7.83. The quantitative estimate of drug-likeness (QED) is 0.499. The van der Waals surface area contributed by atoms with Crippen LogP contribution in [0.5, 0.6) is 5.75 Å². The van der Waals surface area contributed by atoms with Gasteiger partial charge in [0.25, 0.3) is 0 Å². The van der Waals surface area contributed by atoms with Crippen LogP contribution < -0.4 is 15.0 Å². The lowest BCUT2D eigenvalue weighted by Gasteiger charge is -2.36. The average Bonchev–Trinajstić information content (AvgIpc) is 3.38. The molecule has 192 valence electrons. The highest BCUT2D eigenvalue weighted by Crippen LogP contribution is 2.30. The molecule has 2 aliphatic heterocycles. The number of nitrogens with zero attached hydrogens (tertiary/aromatic N) is 4. The zero-order valence-electron chi connectivity index (χ0n) is 20.9. The van der Waals surface area contributed by atoms with Crippen molar-refractivity contribution < 1.29 is 19.0 Å². The van der Waals surface area contributed by atoms with Crippen molar-refractivity contribution >= 4 is 5.82 Å². The summed E-state index contributed by atoms with van der Waals surface area (Å²) in [5.41, 5.74) is 3.05. The Bertz CT molecular complexity index is 949. The van der Waals surface area contributed by atoms with Crippen molar-refractivity contribution in [3.05, 3.63) is 35.5 Å². The van der Waals surface area contributed by atoms with E-state index in [1.807, 2.05) is 24.3 Å². The number of likely N-dealkylation sites (N-methyl/N-ethyl adjacent to an activating group) is 1. The summed E-state index contributed by atoms with van der Waals surface area (Å²) in [7, 11) is 1.80. The maximum Gasteiger partial charge on any atom is 0.161 e. The van der Waals surface area contributed by atoms with Crippen molar-refractivity contribution in [2.24, 2.45) is 5.92 Å². The van der Waals surface area contributed by atoms with Gasteiger partial charge in [-0.25, -0.2) is 14.4 Å². The van der Waals surface area contributed by atoms with Crippen LogP contribution in [0.3, 0.4) is 0 Å². The SMILES string of the molecule is CNCC(O)COc1cccc(-c2nc(CC3CCOC3)c(C)c(N3CCN(CCF)CC3)n2)c1. The van der Waals surface area contributed by atoms with E-state index >= 15 is 0 Å². The summed E-state index contributed by atoms with van der Waals surface area (Å²) in [6.07, 6.45) is 1.33. The monoisotopic (exact) mass is 487 g/mol. The topological polar surface area (TPSA) is 83.0 Å². The van der Waals surface area contributed by atoms with Gasteiger partial charge in [0.2, 0.25) is 0 Å². The Hall–Kier alpha value is -2.33. The smallest absolute Gasteiger partial charge is 0.161 e. The summed E-state index contributed by atoms with van der Waals surface area (Å²) < 4.78 is 24.2. The molecule has 0 spiro atoms. The molecule has 4 rings (SSSR count). The van der Waals surface area contributed by atoms with Crippen LogP contribution in [0.15, 0.2) is 24.3 Å². The van der Waals surface area contributed by atoms with E-state index in [0.717, 1.165) is 74.9 Å². The Morgan fingerprint density at radius 1 is 1.26 bits per heavy atom. The lowest BCUT2D eigenvalue weighted by Crippen LogP contribution is -2.47. The summed E-state index contributed by atoms with van der Waals surface area (Å²) in [5.74, 6) is 2.77. The van der Waals surface area contributed by atoms with Gasteiger partial charge in [-0.2, -0.15) is 0 Å². The predicted octanol–water partition coefficient (Wildman–Crippen LogP) is 2.08. The van der Waals surface area contributed by atoms with Crippen molar-refractivity contribution in [1.82, 2.24) is 20.2 Å². The Balaban J connectivity index is 1.60. The van der Waals surface area contributed by atoms with Crippen LogP contribution in [0.25, 0.3) is 11.4 Å². The predicted molar refractivity (Wildman–Crippen MR) is 135 cm³/mol. The first-order valence-electron chi connectivity index (χ1n) is 12.6. The summed E-state index contributed by atoms with van der Waals surface area (Å²) in [6, 6.07) is 7.74. The molecule has 2 aromatic rings. The molecule has 0 aliphatic carbocycles. The van der Waals surface area contributed by atoms with Crippen molar-refractivity contribution in [2.75, 3.05) is 77.7 Å². The van der Waals surface area contributed by atoms with E-state index in [-0.39, 0.29) is 13.3 Å². The number of aliphatic hydroxyl groups excluding tert-OH is 1. The lowest BCUT2D eigenvalue weighted by molar-refractivity contribution is 0.108. The Labute approximate surface area is 207 Å². The molecule has 1 aromatic carbocycles. The first-order valence-corrected chi connectivity index (χ1v) is 12.6. The third-order valence-electron chi connectivity index (χ3n) is 6.77. The number of halogens is 1. The minimum atomic E-state index is -0.581. The van der Waals surface area contributed by atoms with Gasteiger partial charge in [-0.3, -0.25) is 4.90 Å². The van der Waals surface area contributed by atoms with Crippen molar-refractivity contribution in [2.45, 2.75) is 25.9 Å². The van der Waals surface area contributed by atoms with Crippen LogP contribution in [0, 0.1) is 12.8 Å². The number of hydrogen-bond acceptors (Lipinski definition) is 8. The number of piperazine rings is 1. The standard InChI is InChI=1S/C26H38FN5O3/c1-19-24(14-20-6-13-34-17-20)29-25(30-26(19)32-11-9-31(8-7-27)10-12-32)21-4-3-5-23(15-21)35-18-22(33)16-28-2/h3-5,15,20,22,28,33H,6-14,16-18H2,1-2H3. The summed E-state index contributed by atoms with van der Waals surface area (Å²) >= 11 is 0. The molecule has 9 heteroatoms. The zero-order chi connectivity index (χ0) is 24.6. The largest absolute Gasteiger partial charge is 0.491 e. The van der Waals surface area contributed by atoms with Crippen LogP contribution in [-0.4, -0.2) is 98.9 Å². The molecular formula is C26H38FN5O3.